The van der Waals surface area contributed by atoms with Gasteiger partial charge in [0.2, 0.25) is 0 Å². The SMILES string of the molecule is O=C(O)c1ccc([N+](=O)[O-])cc1NCC(O)c1ccsc1. The second-order valence-electron chi connectivity index (χ2n) is 4.25. The maximum atomic E-state index is 11.1. The molecule has 0 saturated carbocycles. The van der Waals surface area contributed by atoms with Crippen LogP contribution in [0.15, 0.2) is 35.0 Å². The third-order valence-corrected chi connectivity index (χ3v) is 3.56. The Balaban J connectivity index is 2.19. The highest BCUT2D eigenvalue weighted by Crippen LogP contribution is 2.24. The number of nitrogens with zero attached hydrogens (tertiary/aromatic N) is 1. The summed E-state index contributed by atoms with van der Waals surface area (Å²) in [5.74, 6) is -1.20. The van der Waals surface area contributed by atoms with Crippen molar-refractivity contribution in [3.8, 4) is 0 Å². The number of aliphatic hydroxyl groups is 1. The van der Waals surface area contributed by atoms with Crippen LogP contribution in [0.4, 0.5) is 11.4 Å². The molecule has 2 rings (SSSR count). The molecule has 0 fully saturated rings. The highest BCUT2D eigenvalue weighted by Gasteiger charge is 2.16. The van der Waals surface area contributed by atoms with E-state index in [9.17, 15) is 20.0 Å². The second kappa shape index (κ2) is 6.33. The lowest BCUT2D eigenvalue weighted by atomic mass is 10.1. The normalized spacial score (nSPS) is 11.9. The van der Waals surface area contributed by atoms with Crippen LogP contribution in [-0.4, -0.2) is 27.7 Å². The molecule has 1 unspecified atom stereocenters. The summed E-state index contributed by atoms with van der Waals surface area (Å²) < 4.78 is 0. The Hall–Kier alpha value is -2.45. The van der Waals surface area contributed by atoms with Gasteiger partial charge in [-0.15, -0.1) is 0 Å². The number of nitro benzene ring substituents is 1. The number of carboxylic acids is 1. The van der Waals surface area contributed by atoms with Crippen molar-refractivity contribution in [1.82, 2.24) is 0 Å². The molecule has 7 nitrogen and oxygen atoms in total. The van der Waals surface area contributed by atoms with Crippen LogP contribution in [-0.2, 0) is 0 Å². The number of aromatic carboxylic acids is 1. The van der Waals surface area contributed by atoms with Crippen LogP contribution in [0, 0.1) is 10.1 Å². The largest absolute Gasteiger partial charge is 0.478 e. The number of non-ortho nitro benzene ring substituents is 1. The molecule has 0 aliphatic carbocycles. The van der Waals surface area contributed by atoms with Gasteiger partial charge in [-0.25, -0.2) is 4.79 Å². The zero-order chi connectivity index (χ0) is 15.4. The van der Waals surface area contributed by atoms with Gasteiger partial charge in [0.05, 0.1) is 22.3 Å². The van der Waals surface area contributed by atoms with Crippen molar-refractivity contribution in [2.75, 3.05) is 11.9 Å². The van der Waals surface area contributed by atoms with Crippen molar-refractivity contribution in [3.05, 3.63) is 56.3 Å². The van der Waals surface area contributed by atoms with E-state index in [1.807, 2.05) is 5.38 Å². The summed E-state index contributed by atoms with van der Waals surface area (Å²) in [6.45, 7) is 0.0538. The number of carbonyl (C=O) groups is 1. The molecule has 0 aliphatic heterocycles. The fourth-order valence-corrected chi connectivity index (χ4v) is 2.47. The topological polar surface area (TPSA) is 113 Å². The molecule has 0 amide bonds. The van der Waals surface area contributed by atoms with Crippen molar-refractivity contribution in [3.63, 3.8) is 0 Å². The number of anilines is 1. The van der Waals surface area contributed by atoms with Gasteiger partial charge in [0.25, 0.3) is 5.69 Å². The molecule has 0 bridgehead atoms. The number of nitro groups is 1. The highest BCUT2D eigenvalue weighted by atomic mass is 32.1. The number of thiophene rings is 1. The van der Waals surface area contributed by atoms with Gasteiger partial charge >= 0.3 is 5.97 Å². The first-order valence-corrected chi connectivity index (χ1v) is 6.89. The molecule has 8 heteroatoms. The lowest BCUT2D eigenvalue weighted by Gasteiger charge is -2.13. The van der Waals surface area contributed by atoms with E-state index < -0.39 is 17.0 Å². The van der Waals surface area contributed by atoms with Gasteiger partial charge in [0.15, 0.2) is 0 Å². The Morgan fingerprint density at radius 1 is 1.43 bits per heavy atom. The second-order valence-corrected chi connectivity index (χ2v) is 5.03. The first-order chi connectivity index (χ1) is 9.99. The van der Waals surface area contributed by atoms with E-state index in [2.05, 4.69) is 5.32 Å². The number of hydrogen-bond donors (Lipinski definition) is 3. The summed E-state index contributed by atoms with van der Waals surface area (Å²) in [6, 6.07) is 5.19. The predicted molar refractivity (Wildman–Crippen MR) is 77.8 cm³/mol. The molecule has 21 heavy (non-hydrogen) atoms. The first-order valence-electron chi connectivity index (χ1n) is 5.95. The molecular weight excluding hydrogens is 296 g/mol. The van der Waals surface area contributed by atoms with Crippen LogP contribution in [0.3, 0.4) is 0 Å². The van der Waals surface area contributed by atoms with E-state index in [1.54, 1.807) is 11.4 Å². The molecule has 110 valence electrons. The monoisotopic (exact) mass is 308 g/mol. The van der Waals surface area contributed by atoms with E-state index in [4.69, 9.17) is 5.11 Å². The van der Waals surface area contributed by atoms with E-state index in [0.29, 0.717) is 5.56 Å². The van der Waals surface area contributed by atoms with E-state index in [1.165, 1.54) is 17.4 Å². The van der Waals surface area contributed by atoms with Crippen molar-refractivity contribution >= 4 is 28.7 Å². The number of carboxylic acid groups (broad SMARTS) is 1. The fourth-order valence-electron chi connectivity index (χ4n) is 1.77. The van der Waals surface area contributed by atoms with Crippen molar-refractivity contribution < 1.29 is 19.9 Å². The van der Waals surface area contributed by atoms with Crippen LogP contribution in [0.1, 0.15) is 22.0 Å². The Morgan fingerprint density at radius 2 is 2.19 bits per heavy atom. The number of nitrogens with one attached hydrogen (secondary N) is 1. The lowest BCUT2D eigenvalue weighted by molar-refractivity contribution is -0.384. The summed E-state index contributed by atoms with van der Waals surface area (Å²) >= 11 is 1.43. The van der Waals surface area contributed by atoms with Crippen LogP contribution >= 0.6 is 11.3 Å². The average Bonchev–Trinajstić information content (AvgIpc) is 2.98. The summed E-state index contributed by atoms with van der Waals surface area (Å²) in [5, 5.41) is 36.1. The van der Waals surface area contributed by atoms with Gasteiger partial charge in [-0.3, -0.25) is 10.1 Å². The molecule has 0 aliphatic rings. The average molecular weight is 308 g/mol. The Morgan fingerprint density at radius 3 is 2.76 bits per heavy atom. The zero-order valence-corrected chi connectivity index (χ0v) is 11.5. The van der Waals surface area contributed by atoms with Crippen LogP contribution < -0.4 is 5.32 Å². The summed E-state index contributed by atoms with van der Waals surface area (Å²) in [6.07, 6.45) is -0.822. The minimum absolute atomic E-state index is 0.0538. The summed E-state index contributed by atoms with van der Waals surface area (Å²) in [5.41, 5.74) is 0.506. The third-order valence-electron chi connectivity index (χ3n) is 2.86. The number of rotatable bonds is 6. The van der Waals surface area contributed by atoms with Crippen molar-refractivity contribution in [1.29, 1.82) is 0 Å². The zero-order valence-electron chi connectivity index (χ0n) is 10.7. The van der Waals surface area contributed by atoms with Gasteiger partial charge in [-0.05, 0) is 28.5 Å². The van der Waals surface area contributed by atoms with Gasteiger partial charge in [-0.1, -0.05) is 0 Å². The van der Waals surface area contributed by atoms with Gasteiger partial charge < -0.3 is 15.5 Å². The molecule has 2 aromatic rings. The number of hydrogen-bond acceptors (Lipinski definition) is 6. The maximum Gasteiger partial charge on any atom is 0.337 e. The van der Waals surface area contributed by atoms with Crippen molar-refractivity contribution in [2.45, 2.75) is 6.10 Å². The summed E-state index contributed by atoms with van der Waals surface area (Å²) in [4.78, 5) is 21.2. The smallest absolute Gasteiger partial charge is 0.337 e. The Bertz CT molecular complexity index is 657. The van der Waals surface area contributed by atoms with E-state index >= 15 is 0 Å². The summed E-state index contributed by atoms with van der Waals surface area (Å²) in [7, 11) is 0. The molecule has 0 spiro atoms. The Labute approximate surface area is 123 Å². The standard InChI is InChI=1S/C13H12N2O5S/c16-12(8-3-4-21-7-8)6-14-11-5-9(15(19)20)1-2-10(11)13(17)18/h1-5,7,12,14,16H,6H2,(H,17,18). The molecule has 1 atom stereocenters. The fraction of sp³-hybridized carbons (Fsp3) is 0.154. The van der Waals surface area contributed by atoms with Crippen LogP contribution in [0.5, 0.6) is 0 Å². The lowest BCUT2D eigenvalue weighted by Crippen LogP contribution is -2.14. The van der Waals surface area contributed by atoms with Gasteiger partial charge in [0, 0.05) is 18.7 Å². The van der Waals surface area contributed by atoms with Crippen LogP contribution in [0.2, 0.25) is 0 Å². The highest BCUT2D eigenvalue weighted by molar-refractivity contribution is 7.07. The molecule has 0 radical (unpaired) electrons. The van der Waals surface area contributed by atoms with E-state index in [-0.39, 0.29) is 23.5 Å². The quantitative estimate of drug-likeness (QED) is 0.558. The minimum Gasteiger partial charge on any atom is -0.478 e. The van der Waals surface area contributed by atoms with Crippen LogP contribution in [0.25, 0.3) is 0 Å². The third kappa shape index (κ3) is 3.56. The van der Waals surface area contributed by atoms with Gasteiger partial charge in [-0.2, -0.15) is 11.3 Å². The van der Waals surface area contributed by atoms with E-state index in [0.717, 1.165) is 12.1 Å². The Kier molecular flexibility index (Phi) is 4.51. The first kappa shape index (κ1) is 14.9. The maximum absolute atomic E-state index is 11.1. The number of aliphatic hydroxyl groups excluding tert-OH is 1. The molecule has 1 aromatic carbocycles. The molecule has 1 aromatic heterocycles. The van der Waals surface area contributed by atoms with Gasteiger partial charge in [0.1, 0.15) is 0 Å². The molecule has 3 N–H and O–H groups in total. The van der Waals surface area contributed by atoms with Crippen molar-refractivity contribution in [2.24, 2.45) is 0 Å². The molecule has 1 heterocycles. The predicted octanol–water partition coefficient (Wildman–Crippen LogP) is 2.50. The molecule has 0 saturated heterocycles. The number of benzene rings is 1. The molecular formula is C13H12N2O5S. The minimum atomic E-state index is -1.20.